The van der Waals surface area contributed by atoms with Crippen molar-refractivity contribution in [2.75, 3.05) is 44.7 Å². The fraction of sp³-hybridized carbons (Fsp3) is 0.538. The summed E-state index contributed by atoms with van der Waals surface area (Å²) in [6.45, 7) is 11.7. The first-order chi connectivity index (χ1) is 15.7. The predicted molar refractivity (Wildman–Crippen MR) is 131 cm³/mol. The topological polar surface area (TPSA) is 40.4 Å². The standard InChI is InChI=1S/C26H36N6/c1-4-30(22-12-6-9-20-10-8-14-27-25(20)22)19-24-28-21-11-7-13-23(26(21)32(24)5-2)31-17-15-29(3)16-18-31/h7-8,10-11,13-14,22H,4-6,9,12,15-19H2,1-3H3/t22-/m0/s1. The quantitative estimate of drug-likeness (QED) is 0.586. The number of benzene rings is 1. The molecule has 2 aromatic heterocycles. The Kier molecular flexibility index (Phi) is 6.15. The van der Waals surface area contributed by atoms with E-state index in [4.69, 9.17) is 9.97 Å². The molecule has 1 saturated heterocycles. The van der Waals surface area contributed by atoms with Crippen LogP contribution in [0, 0.1) is 0 Å². The van der Waals surface area contributed by atoms with Gasteiger partial charge in [0.05, 0.1) is 35.0 Å². The summed E-state index contributed by atoms with van der Waals surface area (Å²) >= 11 is 0. The van der Waals surface area contributed by atoms with Crippen molar-refractivity contribution in [2.45, 2.75) is 52.2 Å². The zero-order valence-electron chi connectivity index (χ0n) is 19.8. The fourth-order valence-electron chi connectivity index (χ4n) is 5.54. The van der Waals surface area contributed by atoms with Gasteiger partial charge < -0.3 is 14.4 Å². The van der Waals surface area contributed by atoms with E-state index in [0.29, 0.717) is 6.04 Å². The van der Waals surface area contributed by atoms with Gasteiger partial charge in [0, 0.05) is 38.9 Å². The van der Waals surface area contributed by atoms with E-state index in [0.717, 1.165) is 57.8 Å². The largest absolute Gasteiger partial charge is 0.367 e. The third-order valence-electron chi connectivity index (χ3n) is 7.34. The monoisotopic (exact) mass is 432 g/mol. The van der Waals surface area contributed by atoms with Crippen LogP contribution in [0.1, 0.15) is 49.8 Å². The van der Waals surface area contributed by atoms with Crippen molar-refractivity contribution in [3.05, 3.63) is 53.6 Å². The summed E-state index contributed by atoms with van der Waals surface area (Å²) < 4.78 is 2.45. The van der Waals surface area contributed by atoms with Crippen molar-refractivity contribution < 1.29 is 0 Å². The Balaban J connectivity index is 1.49. The lowest BCUT2D eigenvalue weighted by molar-refractivity contribution is 0.169. The molecule has 6 nitrogen and oxygen atoms in total. The van der Waals surface area contributed by atoms with E-state index >= 15 is 0 Å². The van der Waals surface area contributed by atoms with Crippen molar-refractivity contribution in [1.29, 1.82) is 0 Å². The molecule has 3 aromatic rings. The molecular formula is C26H36N6. The number of fused-ring (bicyclic) bond motifs is 2. The molecule has 1 aliphatic carbocycles. The highest BCUT2D eigenvalue weighted by Gasteiger charge is 2.28. The maximum atomic E-state index is 5.16. The molecule has 1 aliphatic heterocycles. The molecule has 5 rings (SSSR count). The summed E-state index contributed by atoms with van der Waals surface area (Å²) in [5, 5.41) is 0. The third-order valence-corrected chi connectivity index (χ3v) is 7.34. The second-order valence-electron chi connectivity index (χ2n) is 9.23. The Labute approximate surface area is 191 Å². The molecule has 1 atom stereocenters. The van der Waals surface area contributed by atoms with Gasteiger partial charge in [-0.3, -0.25) is 9.88 Å². The zero-order valence-corrected chi connectivity index (χ0v) is 19.8. The third kappa shape index (κ3) is 3.90. The molecule has 170 valence electrons. The molecule has 6 heteroatoms. The highest BCUT2D eigenvalue weighted by atomic mass is 15.3. The van der Waals surface area contributed by atoms with Crippen LogP contribution in [0.2, 0.25) is 0 Å². The number of likely N-dealkylation sites (N-methyl/N-ethyl adjacent to an activating group) is 1. The molecule has 1 aromatic carbocycles. The molecule has 32 heavy (non-hydrogen) atoms. The van der Waals surface area contributed by atoms with Crippen molar-refractivity contribution in [3.8, 4) is 0 Å². The molecule has 0 amide bonds. The van der Waals surface area contributed by atoms with E-state index in [-0.39, 0.29) is 0 Å². The van der Waals surface area contributed by atoms with Crippen LogP contribution in [0.4, 0.5) is 5.69 Å². The predicted octanol–water partition coefficient (Wildman–Crippen LogP) is 4.10. The highest BCUT2D eigenvalue weighted by molar-refractivity contribution is 5.89. The summed E-state index contributed by atoms with van der Waals surface area (Å²) in [7, 11) is 2.21. The van der Waals surface area contributed by atoms with Gasteiger partial charge in [-0.25, -0.2) is 4.98 Å². The van der Waals surface area contributed by atoms with Gasteiger partial charge in [0.25, 0.3) is 0 Å². The number of rotatable bonds is 6. The van der Waals surface area contributed by atoms with Gasteiger partial charge in [0.15, 0.2) is 0 Å². The van der Waals surface area contributed by atoms with Gasteiger partial charge >= 0.3 is 0 Å². The van der Waals surface area contributed by atoms with Gasteiger partial charge in [-0.2, -0.15) is 0 Å². The van der Waals surface area contributed by atoms with Gasteiger partial charge in [-0.05, 0) is 63.5 Å². The maximum Gasteiger partial charge on any atom is 0.124 e. The molecule has 0 saturated carbocycles. The Hall–Kier alpha value is -2.44. The second kappa shape index (κ2) is 9.20. The number of anilines is 1. The molecule has 0 unspecified atom stereocenters. The van der Waals surface area contributed by atoms with Crippen molar-refractivity contribution in [1.82, 2.24) is 24.3 Å². The van der Waals surface area contributed by atoms with Crippen LogP contribution in [0.5, 0.6) is 0 Å². The van der Waals surface area contributed by atoms with Crippen molar-refractivity contribution >= 4 is 16.7 Å². The number of hydrogen-bond donors (Lipinski definition) is 0. The van der Waals surface area contributed by atoms with E-state index in [1.807, 2.05) is 6.20 Å². The van der Waals surface area contributed by atoms with E-state index in [9.17, 15) is 0 Å². The van der Waals surface area contributed by atoms with Crippen LogP contribution in [0.15, 0.2) is 36.5 Å². The Morgan fingerprint density at radius 2 is 1.91 bits per heavy atom. The normalized spacial score (nSPS) is 19.6. The minimum Gasteiger partial charge on any atom is -0.367 e. The smallest absolute Gasteiger partial charge is 0.124 e. The van der Waals surface area contributed by atoms with E-state index in [1.54, 1.807) is 0 Å². The summed E-state index contributed by atoms with van der Waals surface area (Å²) in [6, 6.07) is 11.3. The number of hydrogen-bond acceptors (Lipinski definition) is 5. The molecule has 0 spiro atoms. The number of piperazine rings is 1. The molecule has 0 N–H and O–H groups in total. The molecule has 0 bridgehead atoms. The van der Waals surface area contributed by atoms with Crippen molar-refractivity contribution in [2.24, 2.45) is 0 Å². The minimum atomic E-state index is 0.382. The van der Waals surface area contributed by atoms with Crippen LogP contribution < -0.4 is 4.90 Å². The fourth-order valence-corrected chi connectivity index (χ4v) is 5.54. The second-order valence-corrected chi connectivity index (χ2v) is 9.23. The van der Waals surface area contributed by atoms with Gasteiger partial charge in [-0.1, -0.05) is 19.1 Å². The SMILES string of the molecule is CCN(Cc1nc2cccc(N3CCN(C)CC3)c2n1CC)[C@H]1CCCc2cccnc21. The number of aryl methyl sites for hydroxylation is 2. The van der Waals surface area contributed by atoms with Crippen LogP contribution in [-0.2, 0) is 19.5 Å². The average Bonchev–Trinajstić information content (AvgIpc) is 3.20. The zero-order chi connectivity index (χ0) is 22.1. The lowest BCUT2D eigenvalue weighted by Gasteiger charge is -2.35. The number of pyridine rings is 1. The maximum absolute atomic E-state index is 5.16. The first kappa shape index (κ1) is 21.4. The first-order valence-corrected chi connectivity index (χ1v) is 12.3. The van der Waals surface area contributed by atoms with Gasteiger partial charge in [-0.15, -0.1) is 0 Å². The highest BCUT2D eigenvalue weighted by Crippen LogP contribution is 2.35. The first-order valence-electron chi connectivity index (χ1n) is 12.3. The number of para-hydroxylation sites is 1. The molecule has 3 heterocycles. The number of imidazole rings is 1. The summed E-state index contributed by atoms with van der Waals surface area (Å²) in [4.78, 5) is 17.5. The lowest BCUT2D eigenvalue weighted by Crippen LogP contribution is -2.44. The van der Waals surface area contributed by atoms with Crippen LogP contribution >= 0.6 is 0 Å². The average molecular weight is 433 g/mol. The molecule has 1 fully saturated rings. The summed E-state index contributed by atoms with van der Waals surface area (Å²) in [5.41, 5.74) is 6.45. The Morgan fingerprint density at radius 1 is 1.06 bits per heavy atom. The van der Waals surface area contributed by atoms with Crippen LogP contribution in [0.25, 0.3) is 11.0 Å². The van der Waals surface area contributed by atoms with Crippen LogP contribution in [-0.4, -0.2) is 64.1 Å². The summed E-state index contributed by atoms with van der Waals surface area (Å²) in [5.74, 6) is 1.17. The molecule has 0 radical (unpaired) electrons. The lowest BCUT2D eigenvalue weighted by atomic mass is 9.91. The summed E-state index contributed by atoms with van der Waals surface area (Å²) in [6.07, 6.45) is 5.52. The van der Waals surface area contributed by atoms with Gasteiger partial charge in [0.1, 0.15) is 5.82 Å². The molecular weight excluding hydrogens is 396 g/mol. The van der Waals surface area contributed by atoms with Crippen LogP contribution in [0.3, 0.4) is 0 Å². The molecule has 2 aliphatic rings. The number of nitrogens with zero attached hydrogens (tertiary/aromatic N) is 6. The van der Waals surface area contributed by atoms with E-state index < -0.39 is 0 Å². The van der Waals surface area contributed by atoms with E-state index in [2.05, 4.69) is 70.5 Å². The van der Waals surface area contributed by atoms with Crippen molar-refractivity contribution in [3.63, 3.8) is 0 Å². The number of aromatic nitrogens is 3. The Bertz CT molecular complexity index is 1070. The van der Waals surface area contributed by atoms with Gasteiger partial charge in [0.2, 0.25) is 0 Å². The van der Waals surface area contributed by atoms with E-state index in [1.165, 1.54) is 41.1 Å². The minimum absolute atomic E-state index is 0.382. The Morgan fingerprint density at radius 3 is 2.69 bits per heavy atom.